The number of nitrogens with zero attached hydrogens (tertiary/aromatic N) is 2. The van der Waals surface area contributed by atoms with Crippen LogP contribution in [-0.4, -0.2) is 42.9 Å². The van der Waals surface area contributed by atoms with Crippen LogP contribution in [-0.2, 0) is 10.0 Å². The van der Waals surface area contributed by atoms with Crippen molar-refractivity contribution in [3.05, 3.63) is 22.9 Å². The Balaban J connectivity index is 0.00000147. The van der Waals surface area contributed by atoms with E-state index >= 15 is 0 Å². The Bertz CT molecular complexity index is 584. The van der Waals surface area contributed by atoms with Crippen LogP contribution in [0.5, 0.6) is 0 Å². The molecule has 0 saturated carbocycles. The van der Waals surface area contributed by atoms with Crippen molar-refractivity contribution >= 4 is 38.4 Å². The lowest BCUT2D eigenvalue weighted by atomic mass is 10.1. The topological polar surface area (TPSA) is 62.3 Å². The lowest BCUT2D eigenvalue weighted by Crippen LogP contribution is -2.39. The Morgan fingerprint density at radius 3 is 2.75 bits per heavy atom. The summed E-state index contributed by atoms with van der Waals surface area (Å²) >= 11 is 3.27. The van der Waals surface area contributed by atoms with Gasteiger partial charge in [-0.3, -0.25) is 4.98 Å². The van der Waals surface area contributed by atoms with Crippen LogP contribution in [0.15, 0.2) is 27.8 Å². The van der Waals surface area contributed by atoms with Crippen LogP contribution in [0.25, 0.3) is 0 Å². The van der Waals surface area contributed by atoms with E-state index in [2.05, 4.69) is 26.2 Å². The predicted octanol–water partition coefficient (Wildman–Crippen LogP) is 1.78. The van der Waals surface area contributed by atoms with Gasteiger partial charge < -0.3 is 5.32 Å². The maximum atomic E-state index is 12.6. The summed E-state index contributed by atoms with van der Waals surface area (Å²) in [7, 11) is -3.43. The molecule has 0 amide bonds. The van der Waals surface area contributed by atoms with Gasteiger partial charge in [0.15, 0.2) is 0 Å². The van der Waals surface area contributed by atoms with Gasteiger partial charge in [-0.05, 0) is 41.3 Å². The monoisotopic (exact) mass is 381 g/mol. The molecule has 2 atom stereocenters. The normalized spacial score (nSPS) is 26.9. The molecule has 1 aromatic heterocycles. The van der Waals surface area contributed by atoms with Crippen molar-refractivity contribution in [2.75, 3.05) is 13.1 Å². The maximum Gasteiger partial charge on any atom is 0.244 e. The second-order valence-electron chi connectivity index (χ2n) is 5.13. The predicted molar refractivity (Wildman–Crippen MR) is 82.5 cm³/mol. The van der Waals surface area contributed by atoms with Crippen LogP contribution in [0.1, 0.15) is 19.3 Å². The van der Waals surface area contributed by atoms with Gasteiger partial charge in [0.1, 0.15) is 4.90 Å². The van der Waals surface area contributed by atoms with Gasteiger partial charge in [-0.1, -0.05) is 0 Å². The van der Waals surface area contributed by atoms with Crippen molar-refractivity contribution in [3.63, 3.8) is 0 Å². The molecular weight excluding hydrogens is 366 g/mol. The molecule has 1 aromatic rings. The SMILES string of the molecule is Cl.O=S(=O)(c1cncc(Br)c1)N1CCC2CCC(C1)N2. The lowest BCUT2D eigenvalue weighted by molar-refractivity contribution is 0.383. The number of rotatable bonds is 2. The molecule has 0 aliphatic carbocycles. The summed E-state index contributed by atoms with van der Waals surface area (Å²) in [5, 5.41) is 3.49. The van der Waals surface area contributed by atoms with Crippen molar-refractivity contribution < 1.29 is 8.42 Å². The summed E-state index contributed by atoms with van der Waals surface area (Å²) in [6, 6.07) is 2.38. The maximum absolute atomic E-state index is 12.6. The third-order valence-electron chi connectivity index (χ3n) is 3.80. The van der Waals surface area contributed by atoms with E-state index in [0.29, 0.717) is 29.6 Å². The summed E-state index contributed by atoms with van der Waals surface area (Å²) in [5.74, 6) is 0. The van der Waals surface area contributed by atoms with Gasteiger partial charge >= 0.3 is 0 Å². The molecule has 8 heteroatoms. The van der Waals surface area contributed by atoms with E-state index in [1.165, 1.54) is 6.20 Å². The molecule has 2 fully saturated rings. The molecule has 3 heterocycles. The molecule has 3 rings (SSSR count). The van der Waals surface area contributed by atoms with Gasteiger partial charge in [0.05, 0.1) is 0 Å². The van der Waals surface area contributed by atoms with Gasteiger partial charge in [0, 0.05) is 42.0 Å². The quantitative estimate of drug-likeness (QED) is 0.847. The number of fused-ring (bicyclic) bond motifs is 2. The number of halogens is 2. The van der Waals surface area contributed by atoms with Crippen molar-refractivity contribution in [3.8, 4) is 0 Å². The number of aromatic nitrogens is 1. The smallest absolute Gasteiger partial charge is 0.244 e. The minimum absolute atomic E-state index is 0. The van der Waals surface area contributed by atoms with Gasteiger partial charge in [0.25, 0.3) is 0 Å². The number of hydrogen-bond donors (Lipinski definition) is 1. The van der Waals surface area contributed by atoms with E-state index in [1.807, 2.05) is 0 Å². The van der Waals surface area contributed by atoms with Crippen molar-refractivity contribution in [2.24, 2.45) is 0 Å². The minimum Gasteiger partial charge on any atom is -0.310 e. The van der Waals surface area contributed by atoms with E-state index < -0.39 is 10.0 Å². The highest BCUT2D eigenvalue weighted by Crippen LogP contribution is 2.25. The fourth-order valence-electron chi connectivity index (χ4n) is 2.81. The highest BCUT2D eigenvalue weighted by Gasteiger charge is 2.35. The largest absolute Gasteiger partial charge is 0.310 e. The van der Waals surface area contributed by atoms with Crippen molar-refractivity contribution in [1.29, 1.82) is 0 Å². The summed E-state index contributed by atoms with van der Waals surface area (Å²) in [4.78, 5) is 4.21. The first-order valence-corrected chi connectivity index (χ1v) is 8.66. The van der Waals surface area contributed by atoms with E-state index in [1.54, 1.807) is 16.6 Å². The summed E-state index contributed by atoms with van der Waals surface area (Å²) in [5.41, 5.74) is 0. The molecule has 2 aliphatic rings. The zero-order valence-corrected chi connectivity index (χ0v) is 14.0. The molecule has 112 valence electrons. The highest BCUT2D eigenvalue weighted by molar-refractivity contribution is 9.10. The first-order chi connectivity index (χ1) is 9.05. The average molecular weight is 383 g/mol. The van der Waals surface area contributed by atoms with Crippen molar-refractivity contribution in [2.45, 2.75) is 36.2 Å². The highest BCUT2D eigenvalue weighted by atomic mass is 79.9. The molecule has 2 unspecified atom stereocenters. The third kappa shape index (κ3) is 3.17. The van der Waals surface area contributed by atoms with Crippen LogP contribution in [0.2, 0.25) is 0 Å². The molecule has 20 heavy (non-hydrogen) atoms. The summed E-state index contributed by atoms with van der Waals surface area (Å²) < 4.78 is 27.5. The molecule has 2 saturated heterocycles. The Morgan fingerprint density at radius 2 is 2.00 bits per heavy atom. The minimum atomic E-state index is -3.43. The summed E-state index contributed by atoms with van der Waals surface area (Å²) in [6.45, 7) is 1.15. The van der Waals surface area contributed by atoms with Gasteiger partial charge in [-0.25, -0.2) is 8.42 Å². The fraction of sp³-hybridized carbons (Fsp3) is 0.583. The molecule has 0 spiro atoms. The Morgan fingerprint density at radius 1 is 1.25 bits per heavy atom. The molecule has 2 aliphatic heterocycles. The summed E-state index contributed by atoms with van der Waals surface area (Å²) in [6.07, 6.45) is 6.11. The number of hydrogen-bond acceptors (Lipinski definition) is 4. The van der Waals surface area contributed by atoms with Crippen LogP contribution in [0.3, 0.4) is 0 Å². The average Bonchev–Trinajstić information content (AvgIpc) is 2.68. The van der Waals surface area contributed by atoms with E-state index in [-0.39, 0.29) is 17.3 Å². The van der Waals surface area contributed by atoms with E-state index in [9.17, 15) is 8.42 Å². The number of sulfonamides is 1. The molecule has 2 bridgehead atoms. The Labute approximate surface area is 133 Å². The fourth-order valence-corrected chi connectivity index (χ4v) is 4.82. The Kier molecular flexibility index (Phi) is 5.07. The second-order valence-corrected chi connectivity index (χ2v) is 7.98. The zero-order valence-electron chi connectivity index (χ0n) is 10.8. The molecule has 0 radical (unpaired) electrons. The lowest BCUT2D eigenvalue weighted by Gasteiger charge is -2.23. The number of pyridine rings is 1. The zero-order chi connectivity index (χ0) is 13.5. The molecular formula is C12H17BrClN3O2S. The first-order valence-electron chi connectivity index (χ1n) is 6.42. The molecule has 1 N–H and O–H groups in total. The first kappa shape index (κ1) is 16.2. The van der Waals surface area contributed by atoms with Crippen LogP contribution in [0, 0.1) is 0 Å². The molecule has 0 aromatic carbocycles. The third-order valence-corrected chi connectivity index (χ3v) is 6.07. The van der Waals surface area contributed by atoms with Gasteiger partial charge in [0.2, 0.25) is 10.0 Å². The van der Waals surface area contributed by atoms with Gasteiger partial charge in [-0.2, -0.15) is 4.31 Å². The number of nitrogens with one attached hydrogen (secondary N) is 1. The van der Waals surface area contributed by atoms with Crippen molar-refractivity contribution in [1.82, 2.24) is 14.6 Å². The van der Waals surface area contributed by atoms with Crippen LogP contribution in [0.4, 0.5) is 0 Å². The standard InChI is InChI=1S/C12H16BrN3O2S.ClH/c13-9-5-12(7-14-6-9)19(17,18)16-4-3-10-1-2-11(8-16)15-10;/h5-7,10-11,15H,1-4,8H2;1H. The van der Waals surface area contributed by atoms with Crippen LogP contribution >= 0.6 is 28.3 Å². The second kappa shape index (κ2) is 6.27. The van der Waals surface area contributed by atoms with E-state index in [4.69, 9.17) is 0 Å². The van der Waals surface area contributed by atoms with Crippen LogP contribution < -0.4 is 5.32 Å². The van der Waals surface area contributed by atoms with E-state index in [0.717, 1.165) is 19.3 Å². The van der Waals surface area contributed by atoms with Gasteiger partial charge in [-0.15, -0.1) is 12.4 Å². The molecule has 5 nitrogen and oxygen atoms in total. The Hall–Kier alpha value is -0.210.